The van der Waals surface area contributed by atoms with Crippen LogP contribution in [0.1, 0.15) is 92.6 Å². The molecule has 4 aliphatic rings. The number of ether oxygens (including phenoxy) is 8. The summed E-state index contributed by atoms with van der Waals surface area (Å²) in [7, 11) is 8.70. The molecule has 1 N–H and O–H groups in total. The topological polar surface area (TPSA) is 165 Å². The second-order valence-electron chi connectivity index (χ2n) is 20.3. The van der Waals surface area contributed by atoms with Gasteiger partial charge in [-0.15, -0.1) is 11.8 Å². The minimum Gasteiger partial charge on any atom is -0.493 e. The zero-order valence-corrected chi connectivity index (χ0v) is 47.1. The summed E-state index contributed by atoms with van der Waals surface area (Å²) in [6.07, 6.45) is 4.77. The van der Waals surface area contributed by atoms with E-state index in [1.54, 1.807) is 54.5 Å². The number of aliphatic hydroxyl groups excluding tert-OH is 1. The Kier molecular flexibility index (Phi) is 19.9. The van der Waals surface area contributed by atoms with Gasteiger partial charge in [-0.2, -0.15) is 0 Å². The van der Waals surface area contributed by atoms with E-state index in [4.69, 9.17) is 61.1 Å². The summed E-state index contributed by atoms with van der Waals surface area (Å²) in [5.41, 5.74) is -1.11. The molecule has 3 saturated heterocycles. The molecule has 3 aliphatic heterocycles. The lowest BCUT2D eigenvalue weighted by atomic mass is 9.72. The van der Waals surface area contributed by atoms with Gasteiger partial charge in [0.2, 0.25) is 0 Å². The first-order valence-corrected chi connectivity index (χ1v) is 27.5. The molecule has 15 nitrogen and oxygen atoms in total. The van der Waals surface area contributed by atoms with Gasteiger partial charge < -0.3 is 47.9 Å². The van der Waals surface area contributed by atoms with Gasteiger partial charge in [-0.05, 0) is 109 Å². The molecular formula is C51H74Cl2IN3O12S. The molecule has 4 fully saturated rings. The van der Waals surface area contributed by atoms with Crippen molar-refractivity contribution in [3.05, 3.63) is 46.2 Å². The number of cyclic esters (lactones) is 1. The highest BCUT2D eigenvalue weighted by Gasteiger charge is 2.61. The van der Waals surface area contributed by atoms with Crippen LogP contribution in [0.2, 0.25) is 10.0 Å². The number of anilines is 1. The molecule has 6 rings (SSSR count). The van der Waals surface area contributed by atoms with Gasteiger partial charge in [0.05, 0.1) is 65.2 Å². The average molecular weight is 1150 g/mol. The first-order valence-electron chi connectivity index (χ1n) is 24.4. The monoisotopic (exact) mass is 1150 g/mol. The van der Waals surface area contributed by atoms with Gasteiger partial charge in [-0.3, -0.25) is 24.3 Å². The van der Waals surface area contributed by atoms with Gasteiger partial charge in [0, 0.05) is 92.9 Å². The van der Waals surface area contributed by atoms with Gasteiger partial charge in [0.1, 0.15) is 11.0 Å². The molecule has 4 heterocycles. The lowest BCUT2D eigenvalue weighted by Gasteiger charge is -2.49. The van der Waals surface area contributed by atoms with Gasteiger partial charge >= 0.3 is 11.9 Å². The number of hydrogen-bond donors (Lipinski definition) is 1. The standard InChI is InChI=1S/C51H74Cl2IN3O12S/c1-27-23-50(6,64-12)45(67-48-41(56(8)9)39(63-11)21-28(2)65-48)30(4)43(59)31(5)46(60)68-49(54)51(7)40(29(3)42(27)58)44(47(61)69-51)70-20-19-57(26-34-35(52)24-55-25-36(34)53)32-17-18-37(62-10)38(22-32)66-33-15-13-14-16-33/h17-18,22,24-25,27-31,33,39-41,43-45,48-49,59H,13-16,19-21,23,26H2,1-12H3/t27-,28-,29-,30+,31-,39-,40+,41+,43+,44+,45-,48+,49+,50-,51+/m1/s1. The number of esters is 2. The van der Waals surface area contributed by atoms with Crippen LogP contribution in [-0.4, -0.2) is 144 Å². The van der Waals surface area contributed by atoms with Crippen LogP contribution in [0.5, 0.6) is 11.5 Å². The first kappa shape index (κ1) is 57.1. The number of aliphatic hydroxyl groups is 1. The maximum atomic E-state index is 15.1. The summed E-state index contributed by atoms with van der Waals surface area (Å²) in [5.74, 6) is -3.57. The summed E-state index contributed by atoms with van der Waals surface area (Å²) in [4.78, 5) is 51.9. The average Bonchev–Trinajstić information content (AvgIpc) is 3.93. The number of thioether (sulfide) groups is 1. The molecule has 19 heteroatoms. The van der Waals surface area contributed by atoms with Crippen LogP contribution < -0.4 is 14.4 Å². The Balaban J connectivity index is 1.32. The van der Waals surface area contributed by atoms with E-state index < -0.39 is 80.6 Å². The van der Waals surface area contributed by atoms with Crippen molar-refractivity contribution in [3.8, 4) is 11.5 Å². The number of Topliss-reactive ketones (excluding diaryl/α,β-unsaturated/α-hetero) is 1. The summed E-state index contributed by atoms with van der Waals surface area (Å²) >= 11 is 16.8. The van der Waals surface area contributed by atoms with Gasteiger partial charge in [-0.25, -0.2) is 0 Å². The number of rotatable bonds is 15. The number of hydrogen-bond acceptors (Lipinski definition) is 16. The summed E-state index contributed by atoms with van der Waals surface area (Å²) in [5, 5.41) is 12.1. The predicted octanol–water partition coefficient (Wildman–Crippen LogP) is 8.81. The number of alkyl halides is 1. The fourth-order valence-electron chi connectivity index (χ4n) is 11.1. The molecule has 0 radical (unpaired) electrons. The zero-order chi connectivity index (χ0) is 51.4. The van der Waals surface area contributed by atoms with Crippen LogP contribution in [0, 0.1) is 29.6 Å². The predicted molar refractivity (Wildman–Crippen MR) is 279 cm³/mol. The van der Waals surface area contributed by atoms with Crippen molar-refractivity contribution in [3.63, 3.8) is 0 Å². The maximum absolute atomic E-state index is 15.1. The summed E-state index contributed by atoms with van der Waals surface area (Å²) in [6, 6.07) is 5.47. The van der Waals surface area contributed by atoms with Crippen LogP contribution in [-0.2, 0) is 49.3 Å². The number of pyridine rings is 1. The third-order valence-corrected chi connectivity index (χ3v) is 18.6. The van der Waals surface area contributed by atoms with Gasteiger partial charge in [-0.1, -0.05) is 44.0 Å². The normalized spacial score (nSPS) is 35.8. The van der Waals surface area contributed by atoms with Crippen LogP contribution in [0.25, 0.3) is 0 Å². The van der Waals surface area contributed by atoms with Crippen molar-refractivity contribution in [1.82, 2.24) is 9.88 Å². The lowest BCUT2D eigenvalue weighted by molar-refractivity contribution is -0.296. The maximum Gasteiger partial charge on any atom is 0.320 e. The highest BCUT2D eigenvalue weighted by Crippen LogP contribution is 2.50. The molecule has 0 amide bonds. The van der Waals surface area contributed by atoms with Crippen LogP contribution >= 0.6 is 57.6 Å². The zero-order valence-electron chi connectivity index (χ0n) is 42.7. The second-order valence-corrected chi connectivity index (χ2v) is 23.5. The molecule has 0 bridgehead atoms. The van der Waals surface area contributed by atoms with Crippen LogP contribution in [0.3, 0.4) is 0 Å². The van der Waals surface area contributed by atoms with E-state index in [0.717, 1.165) is 31.4 Å². The Morgan fingerprint density at radius 2 is 1.63 bits per heavy atom. The molecule has 1 saturated carbocycles. The van der Waals surface area contributed by atoms with E-state index in [0.29, 0.717) is 52.4 Å². The molecule has 0 unspecified atom stereocenters. The van der Waals surface area contributed by atoms with Crippen molar-refractivity contribution >= 4 is 81.0 Å². The Labute approximate surface area is 442 Å². The number of carbonyl (C=O) groups is 3. The van der Waals surface area contributed by atoms with Crippen molar-refractivity contribution in [2.45, 2.75) is 157 Å². The quantitative estimate of drug-likeness (QED) is 0.102. The number of aromatic nitrogens is 1. The summed E-state index contributed by atoms with van der Waals surface area (Å²) in [6.45, 7) is 13.4. The van der Waals surface area contributed by atoms with Crippen molar-refractivity contribution in [2.75, 3.05) is 52.6 Å². The highest BCUT2D eigenvalue weighted by molar-refractivity contribution is 14.1. The Morgan fingerprint density at radius 1 is 0.957 bits per heavy atom. The number of methoxy groups -OCH3 is 3. The number of carbonyl (C=O) groups excluding carboxylic acids is 3. The van der Waals surface area contributed by atoms with Crippen LogP contribution in [0.15, 0.2) is 30.6 Å². The molecule has 1 aromatic carbocycles. The number of nitrogens with zero attached hydrogens (tertiary/aromatic N) is 3. The van der Waals surface area contributed by atoms with E-state index in [1.807, 2.05) is 87.5 Å². The lowest BCUT2D eigenvalue weighted by Crippen LogP contribution is -2.61. The molecule has 392 valence electrons. The second kappa shape index (κ2) is 24.4. The fraction of sp³-hybridized carbons (Fsp3) is 0.725. The molecule has 0 spiro atoms. The highest BCUT2D eigenvalue weighted by atomic mass is 127. The molecule has 1 aromatic heterocycles. The van der Waals surface area contributed by atoms with E-state index >= 15 is 4.79 Å². The van der Waals surface area contributed by atoms with E-state index in [1.165, 1.54) is 11.8 Å². The fourth-order valence-corrected chi connectivity index (χ4v) is 13.8. The number of benzene rings is 1. The summed E-state index contributed by atoms with van der Waals surface area (Å²) < 4.78 is 49.4. The minimum absolute atomic E-state index is 0.0862. The number of halogens is 3. The Bertz CT molecular complexity index is 2100. The van der Waals surface area contributed by atoms with Crippen molar-refractivity contribution in [2.24, 2.45) is 29.6 Å². The van der Waals surface area contributed by atoms with Crippen molar-refractivity contribution in [1.29, 1.82) is 0 Å². The van der Waals surface area contributed by atoms with E-state index in [2.05, 4.69) is 9.88 Å². The molecular weight excluding hydrogens is 1080 g/mol. The number of fused-ring (bicyclic) bond motifs is 1. The SMILES string of the molecule is COc1ccc(N(CCS[C@@H]2C(=O)O[C@@]3(C)[C@H]2[C@@H](C)C(=O)[C@H](C)C[C@@](C)(OC)[C@H](O[C@@H]2O[C@H](C)C[C@@H](OC)[C@@H]2N(C)C)[C@@H](C)[C@H](O)[C@@H](C)C(=O)O[C@@H]3I)Cc2c(Cl)cncc2Cl)cc1OC1CCCC1. The van der Waals surface area contributed by atoms with Crippen molar-refractivity contribution < 1.29 is 57.4 Å². The molecule has 2 aromatic rings. The molecule has 1 aliphatic carbocycles. The van der Waals surface area contributed by atoms with Gasteiger partial charge in [0.25, 0.3) is 0 Å². The van der Waals surface area contributed by atoms with Crippen LogP contribution in [0.4, 0.5) is 5.69 Å². The third kappa shape index (κ3) is 12.5. The third-order valence-electron chi connectivity index (χ3n) is 15.2. The molecule has 15 atom stereocenters. The van der Waals surface area contributed by atoms with E-state index in [9.17, 15) is 14.7 Å². The first-order chi connectivity index (χ1) is 33.1. The molecule has 70 heavy (non-hydrogen) atoms. The van der Waals surface area contributed by atoms with E-state index in [-0.39, 0.29) is 36.6 Å². The number of likely N-dealkylation sites (N-methyl/N-ethyl adjacent to an activating group) is 1. The Hall–Kier alpha value is -2.20. The largest absolute Gasteiger partial charge is 0.493 e. The smallest absolute Gasteiger partial charge is 0.320 e. The number of ketones is 1. The minimum atomic E-state index is -1.43. The van der Waals surface area contributed by atoms with Gasteiger partial charge in [0.15, 0.2) is 27.5 Å². The Morgan fingerprint density at radius 3 is 2.24 bits per heavy atom.